The smallest absolute Gasteiger partial charge is 1.00 e. The molecule has 2 N–H and O–H groups in total. The van der Waals surface area contributed by atoms with Gasteiger partial charge in [0.15, 0.2) is 0 Å². The monoisotopic (exact) mass is 929 g/mol. The van der Waals surface area contributed by atoms with Crippen molar-refractivity contribution in [2.45, 2.75) is 68.8 Å². The van der Waals surface area contributed by atoms with Crippen LogP contribution in [0.1, 0.15) is 66.7 Å². The van der Waals surface area contributed by atoms with Crippen molar-refractivity contribution >= 4 is 74.8 Å². The van der Waals surface area contributed by atoms with Crippen LogP contribution in [0.25, 0.3) is 22.3 Å². The Morgan fingerprint density at radius 3 is 1.00 bits per heavy atom. The van der Waals surface area contributed by atoms with Gasteiger partial charge in [-0.3, -0.25) is 0 Å². The zero-order valence-corrected chi connectivity index (χ0v) is 35.9. The van der Waals surface area contributed by atoms with Crippen LogP contribution in [-0.4, -0.2) is 38.4 Å². The molecule has 0 aromatic heterocycles. The molecule has 3 nitrogen and oxygen atoms in total. The third-order valence-electron chi connectivity index (χ3n) is 5.42. The van der Waals surface area contributed by atoms with Crippen LogP contribution in [0.3, 0.4) is 0 Å². The number of benzene rings is 4. The molecule has 0 saturated carbocycles. The van der Waals surface area contributed by atoms with Crippen molar-refractivity contribution in [1.82, 2.24) is 0 Å². The van der Waals surface area contributed by atoms with Gasteiger partial charge < -0.3 is 16.4 Å². The van der Waals surface area contributed by atoms with E-state index in [-0.39, 0.29) is 78.9 Å². The van der Waals surface area contributed by atoms with Crippen molar-refractivity contribution in [3.05, 3.63) is 119 Å². The number of aliphatic hydroxyl groups excluding tert-OH is 2. The first-order chi connectivity index (χ1) is 20.1. The molecule has 0 bridgehead atoms. The number of aryl methyl sites for hydroxylation is 2. The van der Waals surface area contributed by atoms with Gasteiger partial charge in [0.25, 0.3) is 0 Å². The molecule has 0 atom stereocenters. The van der Waals surface area contributed by atoms with Gasteiger partial charge in [-0.25, -0.2) is 0 Å². The molecule has 4 rings (SSSR count). The topological polar surface area (TPSA) is 49.7 Å². The second kappa shape index (κ2) is 39.0. The summed E-state index contributed by atoms with van der Waals surface area (Å²) < 4.78 is 4.65. The van der Waals surface area contributed by atoms with Crippen LogP contribution in [-0.2, 0) is 16.7 Å². The summed E-state index contributed by atoms with van der Waals surface area (Å²) >= 11 is 13.0. The predicted molar refractivity (Wildman–Crippen MR) is 227 cm³/mol. The van der Waals surface area contributed by atoms with E-state index < -0.39 is 0 Å². The summed E-state index contributed by atoms with van der Waals surface area (Å²) in [6, 6.07) is 33.7. The zero-order chi connectivity index (χ0) is 31.8. The molecular weight excluding hydrogens is 877 g/mol. The SMILES string of the molecule is BrP(Br)Br.C.C.C.CCO.CCOCC.Cc1ccc(-c2ccc(CBr)cc2)cc1.Cc1ccc(-c2ccc(CO)cc2)cc1.[B].[H-].[Na+]. The van der Waals surface area contributed by atoms with E-state index in [1.807, 2.05) is 38.1 Å². The van der Waals surface area contributed by atoms with Crippen LogP contribution in [0.15, 0.2) is 97.1 Å². The Balaban J connectivity index is -0.0000000964. The first kappa shape index (κ1) is 59.3. The number of ether oxygens (including phenoxy) is 1. The van der Waals surface area contributed by atoms with Crippen LogP contribution in [0.2, 0.25) is 0 Å². The number of rotatable bonds is 6. The number of alkyl halides is 1. The summed E-state index contributed by atoms with van der Waals surface area (Å²) in [6.45, 7) is 11.9. The average molecular weight is 933 g/mol. The van der Waals surface area contributed by atoms with Gasteiger partial charge in [-0.05, 0) is 114 Å². The minimum Gasteiger partial charge on any atom is -1.00 e. The first-order valence-corrected chi connectivity index (χ1v) is 22.1. The van der Waals surface area contributed by atoms with Gasteiger partial charge in [0.2, 0.25) is 0 Å². The van der Waals surface area contributed by atoms with E-state index in [1.54, 1.807) is 6.92 Å². The second-order valence-electron chi connectivity index (χ2n) is 8.71. The summed E-state index contributed by atoms with van der Waals surface area (Å²) in [5, 5.41) is 17.4. The minimum absolute atomic E-state index is 0. The summed E-state index contributed by atoms with van der Waals surface area (Å²) in [7, 11) is 0. The fourth-order valence-electron chi connectivity index (χ4n) is 3.29. The zero-order valence-electron chi connectivity index (χ0n) is 27.6. The van der Waals surface area contributed by atoms with Crippen molar-refractivity contribution < 1.29 is 45.9 Å². The summed E-state index contributed by atoms with van der Waals surface area (Å²) in [4.78, 5) is 0. The maximum atomic E-state index is 8.94. The van der Waals surface area contributed by atoms with Gasteiger partial charge >= 0.3 is 29.6 Å². The summed E-state index contributed by atoms with van der Waals surface area (Å²) in [6.07, 6.45) is 0. The maximum Gasteiger partial charge on any atom is 1.00 e. The molecule has 0 heterocycles. The van der Waals surface area contributed by atoms with Crippen LogP contribution in [0.5, 0.6) is 0 Å². The van der Waals surface area contributed by atoms with Crippen molar-refractivity contribution in [1.29, 1.82) is 0 Å². The van der Waals surface area contributed by atoms with Gasteiger partial charge in [-0.2, -0.15) is 0 Å². The molecule has 4 aromatic rings. The summed E-state index contributed by atoms with van der Waals surface area (Å²) in [5.74, 6) is 0. The van der Waals surface area contributed by atoms with Crippen molar-refractivity contribution in [2.75, 3.05) is 19.8 Å². The maximum absolute atomic E-state index is 8.94. The molecule has 0 spiro atoms. The Morgan fingerprint density at radius 2 is 0.809 bits per heavy atom. The molecule has 0 unspecified atom stereocenters. The Bertz CT molecular complexity index is 1100. The van der Waals surface area contributed by atoms with Gasteiger partial charge in [0, 0.05) is 33.6 Å². The molecule has 0 saturated heterocycles. The normalized spacial score (nSPS) is 8.60. The third-order valence-corrected chi connectivity index (χ3v) is 6.07. The number of aliphatic hydroxyl groups is 2. The average Bonchev–Trinajstić information content (AvgIpc) is 2.99. The van der Waals surface area contributed by atoms with E-state index in [0.29, 0.717) is 0 Å². The van der Waals surface area contributed by atoms with Gasteiger partial charge in [0.05, 0.1) is 6.61 Å². The predicted octanol–water partition coefficient (Wildman–Crippen LogP) is 10.8. The standard InChI is InChI=1S/C14H13Br.C14H14O.C4H10O.C2H6O.3CH4.B.Br3P.Na.H/c2*1-11-2-6-13(7-3-11)14-8-4-12(10-15)5-9-14;1-3-5-4-2;1-2-3;;;;;1-4(2)3;;/h2-9H,10H2,1H3;2-9,15H,10H2,1H3;3-4H2,1-2H3;3H,2H2,1H3;3*1H4;;;;/q;;;;;;;;;+1;-1. The molecule has 3 radical (unpaired) electrons. The Kier molecular flexibility index (Phi) is 49.2. The molecular formula is C37H56BBr4NaO3P. The fourth-order valence-corrected chi connectivity index (χ4v) is 3.66. The largest absolute Gasteiger partial charge is 1.00 e. The van der Waals surface area contributed by atoms with E-state index in [0.717, 1.165) is 24.1 Å². The van der Waals surface area contributed by atoms with Crippen LogP contribution >= 0.6 is 66.4 Å². The Labute approximate surface area is 347 Å². The molecule has 0 aliphatic rings. The first-order valence-electron chi connectivity index (χ1n) is 13.6. The minimum atomic E-state index is -0.183. The van der Waals surface area contributed by atoms with Gasteiger partial charge in [0.1, 0.15) is 4.03 Å². The van der Waals surface area contributed by atoms with Crippen LogP contribution in [0.4, 0.5) is 0 Å². The van der Waals surface area contributed by atoms with Crippen molar-refractivity contribution in [3.8, 4) is 22.3 Å². The van der Waals surface area contributed by atoms with E-state index in [9.17, 15) is 0 Å². The van der Waals surface area contributed by atoms with E-state index in [4.69, 9.17) is 14.9 Å². The number of hydrogen-bond acceptors (Lipinski definition) is 3. The quantitative estimate of drug-likeness (QED) is 0.115. The Morgan fingerprint density at radius 1 is 0.574 bits per heavy atom. The Hall–Kier alpha value is 0.175. The molecule has 259 valence electrons. The fraction of sp³-hybridized carbons (Fsp3) is 0.351. The van der Waals surface area contributed by atoms with Gasteiger partial charge in [-0.15, -0.1) is 0 Å². The molecule has 10 heteroatoms. The molecule has 0 aliphatic heterocycles. The van der Waals surface area contributed by atoms with E-state index >= 15 is 0 Å². The number of hydrogen-bond donors (Lipinski definition) is 2. The molecule has 0 amide bonds. The second-order valence-corrected chi connectivity index (χ2v) is 24.6. The summed E-state index contributed by atoms with van der Waals surface area (Å²) in [5.41, 5.74) is 9.79. The van der Waals surface area contributed by atoms with Crippen LogP contribution < -0.4 is 29.6 Å². The molecule has 47 heavy (non-hydrogen) atoms. The van der Waals surface area contributed by atoms with E-state index in [2.05, 4.69) is 149 Å². The van der Waals surface area contributed by atoms with Crippen molar-refractivity contribution in [3.63, 3.8) is 0 Å². The van der Waals surface area contributed by atoms with Gasteiger partial charge in [-0.1, -0.05) is 146 Å². The molecule has 0 fully saturated rings. The number of halogens is 4. The third kappa shape index (κ3) is 30.7. The van der Waals surface area contributed by atoms with Crippen molar-refractivity contribution in [2.24, 2.45) is 0 Å². The van der Waals surface area contributed by atoms with Crippen LogP contribution in [0, 0.1) is 13.8 Å². The molecule has 4 aromatic carbocycles. The van der Waals surface area contributed by atoms with E-state index in [1.165, 1.54) is 38.9 Å². The molecule has 0 aliphatic carbocycles.